The van der Waals surface area contributed by atoms with E-state index in [1.165, 1.54) is 35.9 Å². The standard InChI is InChI=1S/C17H25BO2/c1-12-14(13-8-6-9-13)10-7-11-15(12)18-19-16(2,3)17(4,5)20-18/h7,10-11,13H,6,8-9H2,1-5H3. The van der Waals surface area contributed by atoms with Gasteiger partial charge in [0.2, 0.25) is 0 Å². The molecule has 1 aromatic rings. The Morgan fingerprint density at radius 1 is 1.05 bits per heavy atom. The first kappa shape index (κ1) is 14.2. The van der Waals surface area contributed by atoms with Gasteiger partial charge in [-0.25, -0.2) is 0 Å². The van der Waals surface area contributed by atoms with Crippen molar-refractivity contribution < 1.29 is 9.31 Å². The second kappa shape index (κ2) is 4.61. The third kappa shape index (κ3) is 2.12. The van der Waals surface area contributed by atoms with Crippen LogP contribution >= 0.6 is 0 Å². The Hall–Kier alpha value is -0.795. The second-order valence-corrected chi connectivity index (χ2v) is 7.28. The normalized spacial score (nSPS) is 24.8. The molecule has 0 amide bonds. The Morgan fingerprint density at radius 3 is 2.15 bits per heavy atom. The predicted octanol–water partition coefficient (Wildman–Crippen LogP) is 3.56. The Balaban J connectivity index is 1.92. The van der Waals surface area contributed by atoms with Crippen LogP contribution in [0.25, 0.3) is 0 Å². The van der Waals surface area contributed by atoms with Gasteiger partial charge in [0, 0.05) is 0 Å². The Bertz CT molecular complexity index is 502. The molecule has 1 aromatic carbocycles. The van der Waals surface area contributed by atoms with E-state index in [4.69, 9.17) is 9.31 Å². The molecule has 1 saturated carbocycles. The first-order chi connectivity index (χ1) is 9.32. The summed E-state index contributed by atoms with van der Waals surface area (Å²) in [6, 6.07) is 6.58. The maximum Gasteiger partial charge on any atom is 0.495 e. The third-order valence-corrected chi connectivity index (χ3v) is 5.47. The monoisotopic (exact) mass is 272 g/mol. The molecule has 2 nitrogen and oxygen atoms in total. The average molecular weight is 272 g/mol. The van der Waals surface area contributed by atoms with Crippen molar-refractivity contribution in [3.8, 4) is 0 Å². The fourth-order valence-electron chi connectivity index (χ4n) is 3.06. The van der Waals surface area contributed by atoms with Gasteiger partial charge in [0.1, 0.15) is 0 Å². The highest BCUT2D eigenvalue weighted by Gasteiger charge is 2.52. The van der Waals surface area contributed by atoms with Crippen LogP contribution in [0, 0.1) is 6.92 Å². The van der Waals surface area contributed by atoms with Crippen molar-refractivity contribution >= 4 is 12.6 Å². The molecular weight excluding hydrogens is 247 g/mol. The van der Waals surface area contributed by atoms with Crippen LogP contribution in [0.2, 0.25) is 0 Å². The number of hydrogen-bond acceptors (Lipinski definition) is 2. The molecular formula is C17H25BO2. The molecule has 0 bridgehead atoms. The van der Waals surface area contributed by atoms with E-state index in [9.17, 15) is 0 Å². The Labute approximate surface area is 123 Å². The molecule has 3 heteroatoms. The van der Waals surface area contributed by atoms with Crippen molar-refractivity contribution in [3.05, 3.63) is 29.3 Å². The quantitative estimate of drug-likeness (QED) is 0.766. The highest BCUT2D eigenvalue weighted by molar-refractivity contribution is 6.62. The average Bonchev–Trinajstić information content (AvgIpc) is 2.48. The maximum atomic E-state index is 6.20. The van der Waals surface area contributed by atoms with Gasteiger partial charge < -0.3 is 9.31 Å². The lowest BCUT2D eigenvalue weighted by Gasteiger charge is -2.32. The van der Waals surface area contributed by atoms with Crippen molar-refractivity contribution in [1.82, 2.24) is 0 Å². The first-order valence-electron chi connectivity index (χ1n) is 7.77. The van der Waals surface area contributed by atoms with Crippen LogP contribution < -0.4 is 5.46 Å². The SMILES string of the molecule is Cc1c(B2OC(C)(C)C(C)(C)O2)cccc1C1CCC1. The number of benzene rings is 1. The summed E-state index contributed by atoms with van der Waals surface area (Å²) in [5, 5.41) is 0. The van der Waals surface area contributed by atoms with E-state index < -0.39 is 0 Å². The zero-order valence-electron chi connectivity index (χ0n) is 13.3. The Morgan fingerprint density at radius 2 is 1.65 bits per heavy atom. The summed E-state index contributed by atoms with van der Waals surface area (Å²) >= 11 is 0. The van der Waals surface area contributed by atoms with Crippen LogP contribution in [0.1, 0.15) is 64.0 Å². The predicted molar refractivity (Wildman–Crippen MR) is 83.5 cm³/mol. The third-order valence-electron chi connectivity index (χ3n) is 5.47. The summed E-state index contributed by atoms with van der Waals surface area (Å²) in [6.07, 6.45) is 4.02. The van der Waals surface area contributed by atoms with Crippen LogP contribution in [0.5, 0.6) is 0 Å². The second-order valence-electron chi connectivity index (χ2n) is 7.28. The molecule has 2 fully saturated rings. The fraction of sp³-hybridized carbons (Fsp3) is 0.647. The van der Waals surface area contributed by atoms with Gasteiger partial charge >= 0.3 is 7.12 Å². The molecule has 1 aliphatic heterocycles. The minimum atomic E-state index is -0.267. The molecule has 2 aliphatic rings. The van der Waals surface area contributed by atoms with E-state index in [1.807, 2.05) is 0 Å². The van der Waals surface area contributed by atoms with Gasteiger partial charge in [-0.15, -0.1) is 0 Å². The lowest BCUT2D eigenvalue weighted by molar-refractivity contribution is 0.00578. The Kier molecular flexibility index (Phi) is 3.26. The fourth-order valence-corrected chi connectivity index (χ4v) is 3.06. The van der Waals surface area contributed by atoms with Gasteiger partial charge in [0.25, 0.3) is 0 Å². The smallest absolute Gasteiger partial charge is 0.399 e. The van der Waals surface area contributed by atoms with E-state index in [0.717, 1.165) is 5.92 Å². The first-order valence-corrected chi connectivity index (χ1v) is 7.77. The molecule has 3 rings (SSSR count). The topological polar surface area (TPSA) is 18.5 Å². The van der Waals surface area contributed by atoms with Gasteiger partial charge in [-0.2, -0.15) is 0 Å². The zero-order chi connectivity index (χ0) is 14.5. The minimum absolute atomic E-state index is 0.236. The molecule has 1 heterocycles. The highest BCUT2D eigenvalue weighted by atomic mass is 16.7. The summed E-state index contributed by atoms with van der Waals surface area (Å²) < 4.78 is 12.4. The van der Waals surface area contributed by atoms with Gasteiger partial charge in [-0.1, -0.05) is 24.6 Å². The van der Waals surface area contributed by atoms with Crippen LogP contribution in [0.3, 0.4) is 0 Å². The summed E-state index contributed by atoms with van der Waals surface area (Å²) in [5.74, 6) is 0.748. The molecule has 0 radical (unpaired) electrons. The van der Waals surface area contributed by atoms with E-state index >= 15 is 0 Å². The molecule has 1 aliphatic carbocycles. The number of hydrogen-bond donors (Lipinski definition) is 0. The summed E-state index contributed by atoms with van der Waals surface area (Å²) in [7, 11) is -0.236. The molecule has 1 saturated heterocycles. The lowest BCUT2D eigenvalue weighted by atomic mass is 9.71. The molecule has 0 atom stereocenters. The van der Waals surface area contributed by atoms with Crippen LogP contribution in [0.15, 0.2) is 18.2 Å². The van der Waals surface area contributed by atoms with E-state index in [-0.39, 0.29) is 18.3 Å². The van der Waals surface area contributed by atoms with E-state index in [2.05, 4.69) is 52.8 Å². The zero-order valence-corrected chi connectivity index (χ0v) is 13.3. The molecule has 0 aromatic heterocycles. The lowest BCUT2D eigenvalue weighted by Crippen LogP contribution is -2.41. The number of rotatable bonds is 2. The van der Waals surface area contributed by atoms with Crippen molar-refractivity contribution in [2.75, 3.05) is 0 Å². The summed E-state index contributed by atoms with van der Waals surface area (Å²) in [4.78, 5) is 0. The van der Waals surface area contributed by atoms with Gasteiger partial charge in [0.05, 0.1) is 11.2 Å². The largest absolute Gasteiger partial charge is 0.495 e. The molecule has 0 unspecified atom stereocenters. The summed E-state index contributed by atoms with van der Waals surface area (Å²) in [5.41, 5.74) is 3.51. The maximum absolute atomic E-state index is 6.20. The molecule has 20 heavy (non-hydrogen) atoms. The van der Waals surface area contributed by atoms with Crippen molar-refractivity contribution in [1.29, 1.82) is 0 Å². The van der Waals surface area contributed by atoms with Crippen LogP contribution in [-0.4, -0.2) is 18.3 Å². The van der Waals surface area contributed by atoms with Crippen molar-refractivity contribution in [2.24, 2.45) is 0 Å². The molecule has 0 spiro atoms. The summed E-state index contributed by atoms with van der Waals surface area (Å²) in [6.45, 7) is 10.7. The van der Waals surface area contributed by atoms with Crippen molar-refractivity contribution in [3.63, 3.8) is 0 Å². The molecule has 0 N–H and O–H groups in total. The van der Waals surface area contributed by atoms with E-state index in [1.54, 1.807) is 0 Å². The van der Waals surface area contributed by atoms with Crippen LogP contribution in [0.4, 0.5) is 0 Å². The van der Waals surface area contributed by atoms with Gasteiger partial charge in [-0.05, 0) is 70.0 Å². The van der Waals surface area contributed by atoms with Gasteiger partial charge in [-0.3, -0.25) is 0 Å². The van der Waals surface area contributed by atoms with Gasteiger partial charge in [0.15, 0.2) is 0 Å². The minimum Gasteiger partial charge on any atom is -0.399 e. The van der Waals surface area contributed by atoms with Crippen molar-refractivity contribution in [2.45, 2.75) is 71.0 Å². The highest BCUT2D eigenvalue weighted by Crippen LogP contribution is 2.39. The van der Waals surface area contributed by atoms with Crippen LogP contribution in [-0.2, 0) is 9.31 Å². The van der Waals surface area contributed by atoms with E-state index in [0.29, 0.717) is 0 Å². The molecule has 108 valence electrons.